The molecule has 5 nitrogen and oxygen atoms in total. The zero-order valence-corrected chi connectivity index (χ0v) is 12.8. The zero-order chi connectivity index (χ0) is 13.2. The molecule has 0 aromatic heterocycles. The molecule has 2 aliphatic heterocycles. The Morgan fingerprint density at radius 3 is 2.85 bits per heavy atom. The summed E-state index contributed by atoms with van der Waals surface area (Å²) in [5, 5.41) is 6.48. The summed E-state index contributed by atoms with van der Waals surface area (Å²) in [5.74, 6) is 0.599. The summed E-state index contributed by atoms with van der Waals surface area (Å²) in [5.41, 5.74) is 0. The number of hydrogen-bond donors (Lipinski definition) is 2. The molecule has 1 aliphatic carbocycles. The summed E-state index contributed by atoms with van der Waals surface area (Å²) in [6.07, 6.45) is 4.78. The summed E-state index contributed by atoms with van der Waals surface area (Å²) < 4.78 is 11.3. The standard InChI is InChI=1S/C14H24N2O3.ClH/c1-9-13(15-6-8-18-9)14(17)16-11-3-2-4-12-10(11)5-7-19-12;/h9-13,15H,2-8H2,1H3,(H,16,17);1H/t9-,10?,11?,12?,13+;/m1./s1. The van der Waals surface area contributed by atoms with Crippen molar-refractivity contribution in [3.63, 3.8) is 0 Å². The van der Waals surface area contributed by atoms with Gasteiger partial charge in [-0.1, -0.05) is 0 Å². The van der Waals surface area contributed by atoms with Crippen LogP contribution in [0.3, 0.4) is 0 Å². The number of morpholine rings is 1. The minimum Gasteiger partial charge on any atom is -0.378 e. The average Bonchev–Trinajstić information content (AvgIpc) is 2.88. The molecule has 0 spiro atoms. The van der Waals surface area contributed by atoms with Gasteiger partial charge in [-0.05, 0) is 32.6 Å². The van der Waals surface area contributed by atoms with Crippen LogP contribution in [0.2, 0.25) is 0 Å². The van der Waals surface area contributed by atoms with E-state index in [2.05, 4.69) is 10.6 Å². The minimum atomic E-state index is -0.212. The average molecular weight is 305 g/mol. The number of carbonyl (C=O) groups excluding carboxylic acids is 1. The van der Waals surface area contributed by atoms with E-state index in [1.165, 1.54) is 0 Å². The fourth-order valence-electron chi connectivity index (χ4n) is 3.65. The van der Waals surface area contributed by atoms with E-state index in [9.17, 15) is 4.79 Å². The van der Waals surface area contributed by atoms with Crippen LogP contribution in [0.15, 0.2) is 0 Å². The molecule has 2 N–H and O–H groups in total. The van der Waals surface area contributed by atoms with Crippen LogP contribution < -0.4 is 10.6 Å². The van der Waals surface area contributed by atoms with Crippen LogP contribution in [0.5, 0.6) is 0 Å². The fourth-order valence-corrected chi connectivity index (χ4v) is 3.65. The van der Waals surface area contributed by atoms with Gasteiger partial charge in [0.05, 0.1) is 18.8 Å². The van der Waals surface area contributed by atoms with Crippen molar-refractivity contribution in [2.75, 3.05) is 19.8 Å². The summed E-state index contributed by atoms with van der Waals surface area (Å²) >= 11 is 0. The lowest BCUT2D eigenvalue weighted by molar-refractivity contribution is -0.130. The Balaban J connectivity index is 0.00000147. The molecular weight excluding hydrogens is 280 g/mol. The maximum absolute atomic E-state index is 12.4. The lowest BCUT2D eigenvalue weighted by Gasteiger charge is -2.36. The Labute approximate surface area is 126 Å². The van der Waals surface area contributed by atoms with Crippen molar-refractivity contribution in [3.05, 3.63) is 0 Å². The fraction of sp³-hybridized carbons (Fsp3) is 0.929. The van der Waals surface area contributed by atoms with E-state index in [-0.39, 0.29) is 36.5 Å². The van der Waals surface area contributed by atoms with Gasteiger partial charge in [-0.3, -0.25) is 4.79 Å². The third-order valence-electron chi connectivity index (χ3n) is 4.71. The monoisotopic (exact) mass is 304 g/mol. The number of halogens is 1. The van der Waals surface area contributed by atoms with Crippen LogP contribution in [-0.2, 0) is 14.3 Å². The Morgan fingerprint density at radius 2 is 2.05 bits per heavy atom. The van der Waals surface area contributed by atoms with Gasteiger partial charge in [0.15, 0.2) is 0 Å². The Bertz CT molecular complexity index is 342. The number of rotatable bonds is 2. The molecule has 6 heteroatoms. The largest absolute Gasteiger partial charge is 0.378 e. The highest BCUT2D eigenvalue weighted by atomic mass is 35.5. The molecule has 1 amide bonds. The van der Waals surface area contributed by atoms with E-state index in [0.29, 0.717) is 18.6 Å². The second-order valence-corrected chi connectivity index (χ2v) is 5.92. The first-order chi connectivity index (χ1) is 9.25. The molecule has 3 unspecified atom stereocenters. The second kappa shape index (κ2) is 7.07. The summed E-state index contributed by atoms with van der Waals surface area (Å²) in [6, 6.07) is 0.0705. The summed E-state index contributed by atoms with van der Waals surface area (Å²) in [6.45, 7) is 4.25. The predicted octanol–water partition coefficient (Wildman–Crippen LogP) is 0.859. The quantitative estimate of drug-likeness (QED) is 0.794. The lowest BCUT2D eigenvalue weighted by Crippen LogP contribution is -2.58. The number of fused-ring (bicyclic) bond motifs is 1. The Morgan fingerprint density at radius 1 is 1.20 bits per heavy atom. The SMILES string of the molecule is C[C@H]1OCCN[C@@H]1C(=O)NC1CCCC2OCCC12.Cl. The van der Waals surface area contributed by atoms with E-state index in [1.54, 1.807) is 0 Å². The molecule has 3 fully saturated rings. The van der Waals surface area contributed by atoms with Crippen molar-refractivity contribution >= 4 is 18.3 Å². The second-order valence-electron chi connectivity index (χ2n) is 5.92. The number of ether oxygens (including phenoxy) is 2. The van der Waals surface area contributed by atoms with Gasteiger partial charge in [0.2, 0.25) is 5.91 Å². The van der Waals surface area contributed by atoms with E-state index in [1.807, 2.05) is 6.92 Å². The van der Waals surface area contributed by atoms with Crippen molar-refractivity contribution in [1.29, 1.82) is 0 Å². The summed E-state index contributed by atoms with van der Waals surface area (Å²) in [7, 11) is 0. The molecule has 5 atom stereocenters. The highest BCUT2D eigenvalue weighted by molar-refractivity contribution is 5.85. The van der Waals surface area contributed by atoms with Crippen LogP contribution >= 0.6 is 12.4 Å². The van der Waals surface area contributed by atoms with Gasteiger partial charge in [-0.25, -0.2) is 0 Å². The van der Waals surface area contributed by atoms with E-state index >= 15 is 0 Å². The number of hydrogen-bond acceptors (Lipinski definition) is 4. The third kappa shape index (κ3) is 3.27. The van der Waals surface area contributed by atoms with Crippen molar-refractivity contribution in [1.82, 2.24) is 10.6 Å². The third-order valence-corrected chi connectivity index (χ3v) is 4.71. The molecular formula is C14H25ClN2O3. The van der Waals surface area contributed by atoms with Crippen LogP contribution in [0.1, 0.15) is 32.6 Å². The predicted molar refractivity (Wildman–Crippen MR) is 78.1 cm³/mol. The smallest absolute Gasteiger partial charge is 0.240 e. The number of nitrogens with one attached hydrogen (secondary N) is 2. The van der Waals surface area contributed by atoms with Crippen LogP contribution in [0, 0.1) is 5.92 Å². The molecule has 1 saturated carbocycles. The molecule has 0 aromatic carbocycles. The van der Waals surface area contributed by atoms with E-state index in [4.69, 9.17) is 9.47 Å². The zero-order valence-electron chi connectivity index (χ0n) is 12.0. The maximum Gasteiger partial charge on any atom is 0.240 e. The van der Waals surface area contributed by atoms with Crippen LogP contribution in [0.4, 0.5) is 0 Å². The van der Waals surface area contributed by atoms with E-state index in [0.717, 1.165) is 38.8 Å². The Hall–Kier alpha value is -0.360. The first-order valence-corrected chi connectivity index (χ1v) is 7.52. The molecule has 0 aromatic rings. The van der Waals surface area contributed by atoms with Crippen molar-refractivity contribution in [2.24, 2.45) is 5.92 Å². The van der Waals surface area contributed by atoms with Gasteiger partial charge >= 0.3 is 0 Å². The first-order valence-electron chi connectivity index (χ1n) is 7.52. The number of carbonyl (C=O) groups is 1. The minimum absolute atomic E-state index is 0. The molecule has 0 bridgehead atoms. The first kappa shape index (κ1) is 16.0. The van der Waals surface area contributed by atoms with Crippen molar-refractivity contribution in [2.45, 2.75) is 56.9 Å². The Kier molecular flexibility index (Phi) is 5.66. The highest BCUT2D eigenvalue weighted by Gasteiger charge is 2.39. The molecule has 116 valence electrons. The molecule has 3 aliphatic rings. The van der Waals surface area contributed by atoms with Gasteiger partial charge in [0, 0.05) is 25.1 Å². The van der Waals surface area contributed by atoms with Crippen LogP contribution in [-0.4, -0.2) is 50.0 Å². The molecule has 20 heavy (non-hydrogen) atoms. The van der Waals surface area contributed by atoms with Gasteiger partial charge < -0.3 is 20.1 Å². The normalized spacial score (nSPS) is 40.5. The summed E-state index contributed by atoms with van der Waals surface area (Å²) in [4.78, 5) is 12.4. The number of amides is 1. The molecule has 2 heterocycles. The topological polar surface area (TPSA) is 59.6 Å². The highest BCUT2D eigenvalue weighted by Crippen LogP contribution is 2.34. The molecule has 2 saturated heterocycles. The maximum atomic E-state index is 12.4. The van der Waals surface area contributed by atoms with Crippen molar-refractivity contribution in [3.8, 4) is 0 Å². The van der Waals surface area contributed by atoms with Crippen LogP contribution in [0.25, 0.3) is 0 Å². The van der Waals surface area contributed by atoms with Crippen molar-refractivity contribution < 1.29 is 14.3 Å². The van der Waals surface area contributed by atoms with E-state index < -0.39 is 0 Å². The van der Waals surface area contributed by atoms with Gasteiger partial charge in [0.25, 0.3) is 0 Å². The van der Waals surface area contributed by atoms with Gasteiger partial charge in [0.1, 0.15) is 6.04 Å². The molecule has 3 rings (SSSR count). The van der Waals surface area contributed by atoms with Gasteiger partial charge in [-0.15, -0.1) is 12.4 Å². The van der Waals surface area contributed by atoms with Gasteiger partial charge in [-0.2, -0.15) is 0 Å². The lowest BCUT2D eigenvalue weighted by atomic mass is 9.81. The molecule has 0 radical (unpaired) electrons.